The third-order valence-electron chi connectivity index (χ3n) is 7.50. The lowest BCUT2D eigenvalue weighted by atomic mass is 9.99. The second kappa shape index (κ2) is 11.4. The van der Waals surface area contributed by atoms with Crippen molar-refractivity contribution in [3.8, 4) is 11.1 Å². The molecule has 1 saturated carbocycles. The van der Waals surface area contributed by atoms with Crippen LogP contribution in [0.2, 0.25) is 0 Å². The van der Waals surface area contributed by atoms with E-state index in [1.165, 1.54) is 24.1 Å². The molecule has 2 aliphatic rings. The molecule has 1 saturated heterocycles. The monoisotopic (exact) mass is 564 g/mol. The van der Waals surface area contributed by atoms with Crippen molar-refractivity contribution in [1.29, 1.82) is 0 Å². The van der Waals surface area contributed by atoms with Crippen LogP contribution < -0.4 is 15.5 Å². The van der Waals surface area contributed by atoms with Gasteiger partial charge in [-0.05, 0) is 85.9 Å². The number of aromatic nitrogens is 1. The first-order valence-corrected chi connectivity index (χ1v) is 14.5. The van der Waals surface area contributed by atoms with Gasteiger partial charge in [0.25, 0.3) is 5.91 Å². The zero-order chi connectivity index (χ0) is 29.3. The van der Waals surface area contributed by atoms with E-state index in [0.717, 1.165) is 48.2 Å². The molecule has 0 atom stereocenters. The molecule has 1 aromatic heterocycles. The van der Waals surface area contributed by atoms with Crippen LogP contribution in [0.5, 0.6) is 0 Å². The first kappa shape index (κ1) is 27.7. The van der Waals surface area contributed by atoms with Gasteiger partial charge < -0.3 is 19.7 Å². The lowest BCUT2D eigenvalue weighted by Crippen LogP contribution is -2.36. The number of carbonyl (C=O) groups excluding carboxylic acids is 2. The Morgan fingerprint density at radius 3 is 2.38 bits per heavy atom. The summed E-state index contributed by atoms with van der Waals surface area (Å²) in [5, 5.41) is 7.85. The minimum Gasteiger partial charge on any atom is -0.444 e. The Labute approximate surface area is 246 Å². The van der Waals surface area contributed by atoms with Crippen molar-refractivity contribution in [2.45, 2.75) is 45.1 Å². The topological polar surface area (TPSA) is 92.8 Å². The smallest absolute Gasteiger partial charge is 0.412 e. The van der Waals surface area contributed by atoms with Crippen LogP contribution in [0.25, 0.3) is 21.9 Å². The summed E-state index contributed by atoms with van der Waals surface area (Å²) in [6.07, 6.45) is 3.58. The average molecular weight is 565 g/mol. The van der Waals surface area contributed by atoms with Gasteiger partial charge in [-0.3, -0.25) is 15.1 Å². The Morgan fingerprint density at radius 2 is 1.67 bits per heavy atom. The third-order valence-corrected chi connectivity index (χ3v) is 7.50. The minimum absolute atomic E-state index is 0.303. The number of amides is 2. The van der Waals surface area contributed by atoms with Gasteiger partial charge >= 0.3 is 6.09 Å². The van der Waals surface area contributed by atoms with Crippen LogP contribution in [0.15, 0.2) is 72.9 Å². The van der Waals surface area contributed by atoms with E-state index in [1.54, 1.807) is 26.8 Å². The van der Waals surface area contributed by atoms with Crippen molar-refractivity contribution in [2.24, 2.45) is 0 Å². The zero-order valence-electron chi connectivity index (χ0n) is 24.3. The number of nitrogens with zero attached hydrogens (tertiary/aromatic N) is 2. The van der Waals surface area contributed by atoms with Crippen LogP contribution in [-0.4, -0.2) is 48.9 Å². The molecule has 2 fully saturated rings. The predicted molar refractivity (Wildman–Crippen MR) is 166 cm³/mol. The molecule has 2 N–H and O–H groups in total. The van der Waals surface area contributed by atoms with Crippen LogP contribution in [0, 0.1) is 0 Å². The fourth-order valence-electron chi connectivity index (χ4n) is 5.40. The van der Waals surface area contributed by atoms with Gasteiger partial charge in [0, 0.05) is 30.4 Å². The lowest BCUT2D eigenvalue weighted by molar-refractivity contribution is 0.0635. The molecule has 4 aromatic rings. The van der Waals surface area contributed by atoms with Crippen molar-refractivity contribution in [2.75, 3.05) is 41.8 Å². The Balaban J connectivity index is 1.31. The molecular formula is C34H36N4O4. The number of carbonyl (C=O) groups is 2. The second-order valence-corrected chi connectivity index (χ2v) is 11.9. The summed E-state index contributed by atoms with van der Waals surface area (Å²) >= 11 is 0. The Kier molecular flexibility index (Phi) is 7.56. The van der Waals surface area contributed by atoms with Gasteiger partial charge in [0.1, 0.15) is 11.3 Å². The van der Waals surface area contributed by atoms with Gasteiger partial charge in [0.2, 0.25) is 0 Å². The van der Waals surface area contributed by atoms with Crippen molar-refractivity contribution in [3.05, 3.63) is 84.2 Å². The van der Waals surface area contributed by atoms with E-state index in [9.17, 15) is 9.59 Å². The number of hydrogen-bond acceptors (Lipinski definition) is 6. The molecule has 8 heteroatoms. The molecule has 0 unspecified atom stereocenters. The number of anilines is 3. The van der Waals surface area contributed by atoms with E-state index in [1.807, 2.05) is 54.7 Å². The maximum atomic E-state index is 13.6. The first-order chi connectivity index (χ1) is 20.2. The number of ether oxygens (including phenoxy) is 2. The largest absolute Gasteiger partial charge is 0.444 e. The van der Waals surface area contributed by atoms with Crippen LogP contribution in [0.1, 0.15) is 55.6 Å². The Hall–Kier alpha value is -4.43. The number of hydrogen-bond donors (Lipinski definition) is 2. The van der Waals surface area contributed by atoms with E-state index in [-0.39, 0.29) is 5.91 Å². The van der Waals surface area contributed by atoms with Gasteiger partial charge in [-0.15, -0.1) is 0 Å². The average Bonchev–Trinajstić information content (AvgIpc) is 3.82. The minimum atomic E-state index is -0.659. The molecular weight excluding hydrogens is 528 g/mol. The number of rotatable bonds is 6. The summed E-state index contributed by atoms with van der Waals surface area (Å²) in [5.74, 6) is 0.162. The summed E-state index contributed by atoms with van der Waals surface area (Å²) in [4.78, 5) is 33.2. The fraction of sp³-hybridized carbons (Fsp3) is 0.324. The molecule has 8 nitrogen and oxygen atoms in total. The van der Waals surface area contributed by atoms with Crippen molar-refractivity contribution < 1.29 is 19.1 Å². The first-order valence-electron chi connectivity index (χ1n) is 14.5. The van der Waals surface area contributed by atoms with Crippen molar-refractivity contribution >= 4 is 39.8 Å². The number of nitrogens with one attached hydrogen (secondary N) is 2. The quantitative estimate of drug-likeness (QED) is 0.257. The highest BCUT2D eigenvalue weighted by molar-refractivity contribution is 6.08. The SMILES string of the molecule is CC(C)(C)OC(=O)Nc1ccc(-c2ccccc2)cc1NC(=O)c1cc2ccc(N3CCOCC3)c(C3CC3)c2cn1. The number of benzene rings is 3. The standard InChI is InChI=1S/C34H36N4O4/c1-34(2,3)42-33(40)37-27-13-11-24(22-7-5-4-6-8-22)19-28(27)36-32(39)29-20-25-12-14-30(38-15-17-41-18-16-38)31(23-9-10-23)26(25)21-35-29/h4-8,11-14,19-21,23H,9-10,15-18H2,1-3H3,(H,36,39)(H,37,40). The molecule has 0 radical (unpaired) electrons. The molecule has 42 heavy (non-hydrogen) atoms. The van der Waals surface area contributed by atoms with Gasteiger partial charge in [0.05, 0.1) is 24.6 Å². The van der Waals surface area contributed by atoms with E-state index in [4.69, 9.17) is 9.47 Å². The highest BCUT2D eigenvalue weighted by atomic mass is 16.6. The molecule has 2 amide bonds. The van der Waals surface area contributed by atoms with Gasteiger partial charge in [0.15, 0.2) is 0 Å². The van der Waals surface area contributed by atoms with Crippen LogP contribution in [0.4, 0.5) is 21.9 Å². The summed E-state index contributed by atoms with van der Waals surface area (Å²) in [5.41, 5.74) is 5.00. The molecule has 3 aromatic carbocycles. The maximum Gasteiger partial charge on any atom is 0.412 e. The molecule has 0 spiro atoms. The van der Waals surface area contributed by atoms with E-state index >= 15 is 0 Å². The predicted octanol–water partition coefficient (Wildman–Crippen LogP) is 7.22. The van der Waals surface area contributed by atoms with E-state index < -0.39 is 11.7 Å². The molecule has 1 aliphatic carbocycles. The van der Waals surface area contributed by atoms with Crippen LogP contribution in [0.3, 0.4) is 0 Å². The summed E-state index contributed by atoms with van der Waals surface area (Å²) in [6, 6.07) is 21.5. The number of pyridine rings is 1. The second-order valence-electron chi connectivity index (χ2n) is 11.9. The summed E-state index contributed by atoms with van der Waals surface area (Å²) in [6.45, 7) is 8.63. The Bertz CT molecular complexity index is 1620. The van der Waals surface area contributed by atoms with Gasteiger partial charge in [-0.2, -0.15) is 0 Å². The van der Waals surface area contributed by atoms with Gasteiger partial charge in [-0.25, -0.2) is 4.79 Å². The van der Waals surface area contributed by atoms with Crippen LogP contribution >= 0.6 is 0 Å². The number of fused-ring (bicyclic) bond motifs is 1. The Morgan fingerprint density at radius 1 is 0.905 bits per heavy atom. The zero-order valence-corrected chi connectivity index (χ0v) is 24.3. The molecule has 216 valence electrons. The normalized spacial score (nSPS) is 15.4. The maximum absolute atomic E-state index is 13.6. The molecule has 0 bridgehead atoms. The number of morpholine rings is 1. The summed E-state index contributed by atoms with van der Waals surface area (Å²) < 4.78 is 11.0. The van der Waals surface area contributed by atoms with Crippen molar-refractivity contribution in [3.63, 3.8) is 0 Å². The molecule has 2 heterocycles. The highest BCUT2D eigenvalue weighted by Crippen LogP contribution is 2.47. The molecule has 6 rings (SSSR count). The van der Waals surface area contributed by atoms with E-state index in [0.29, 0.717) is 23.0 Å². The summed E-state index contributed by atoms with van der Waals surface area (Å²) in [7, 11) is 0. The van der Waals surface area contributed by atoms with Gasteiger partial charge in [-0.1, -0.05) is 42.5 Å². The fourth-order valence-corrected chi connectivity index (χ4v) is 5.40. The lowest BCUT2D eigenvalue weighted by Gasteiger charge is -2.31. The highest BCUT2D eigenvalue weighted by Gasteiger charge is 2.30. The van der Waals surface area contributed by atoms with Crippen molar-refractivity contribution in [1.82, 2.24) is 4.98 Å². The van der Waals surface area contributed by atoms with Crippen LogP contribution in [-0.2, 0) is 9.47 Å². The third kappa shape index (κ3) is 6.24. The van der Waals surface area contributed by atoms with E-state index in [2.05, 4.69) is 32.7 Å². The molecule has 1 aliphatic heterocycles.